The predicted molar refractivity (Wildman–Crippen MR) is 68.7 cm³/mol. The van der Waals surface area contributed by atoms with Gasteiger partial charge in [0.15, 0.2) is 0 Å². The maximum absolute atomic E-state index is 5.73. The highest BCUT2D eigenvalue weighted by Gasteiger charge is 2.01. The fraction of sp³-hybridized carbons (Fsp3) is 0.154. The van der Waals surface area contributed by atoms with E-state index < -0.39 is 0 Å². The summed E-state index contributed by atoms with van der Waals surface area (Å²) in [7, 11) is 0. The largest absolute Gasteiger partial charge is 0.397 e. The van der Waals surface area contributed by atoms with Crippen molar-refractivity contribution >= 4 is 17.4 Å². The minimum Gasteiger partial charge on any atom is -0.397 e. The van der Waals surface area contributed by atoms with Crippen molar-refractivity contribution in [1.82, 2.24) is 4.98 Å². The monoisotopic (exact) mass is 230 g/mol. The molecule has 0 spiro atoms. The van der Waals surface area contributed by atoms with Crippen LogP contribution < -0.4 is 5.73 Å². The van der Waals surface area contributed by atoms with Gasteiger partial charge in [0.2, 0.25) is 0 Å². The average molecular weight is 230 g/mol. The molecule has 0 saturated heterocycles. The lowest BCUT2D eigenvalue weighted by atomic mass is 10.2. The van der Waals surface area contributed by atoms with Gasteiger partial charge >= 0.3 is 0 Å². The highest BCUT2D eigenvalue weighted by Crippen LogP contribution is 2.27. The highest BCUT2D eigenvalue weighted by atomic mass is 32.2. The first-order valence-electron chi connectivity index (χ1n) is 5.12. The second-order valence-electron chi connectivity index (χ2n) is 3.79. The standard InChI is InChI=1S/C13H14N2S/c1-9-3-5-11(6-4-9)16-13-7-10(2)12(14)8-15-13/h3-8H,14H2,1-2H3. The second-order valence-corrected chi connectivity index (χ2v) is 4.89. The summed E-state index contributed by atoms with van der Waals surface area (Å²) in [5.41, 5.74) is 8.82. The summed E-state index contributed by atoms with van der Waals surface area (Å²) in [6.07, 6.45) is 1.71. The molecule has 0 bridgehead atoms. The zero-order chi connectivity index (χ0) is 11.5. The van der Waals surface area contributed by atoms with E-state index in [1.54, 1.807) is 18.0 Å². The van der Waals surface area contributed by atoms with Crippen molar-refractivity contribution < 1.29 is 0 Å². The van der Waals surface area contributed by atoms with Gasteiger partial charge in [-0.2, -0.15) is 0 Å². The number of aryl methyl sites for hydroxylation is 2. The number of benzene rings is 1. The van der Waals surface area contributed by atoms with E-state index in [0.717, 1.165) is 16.3 Å². The minimum atomic E-state index is 0.744. The van der Waals surface area contributed by atoms with E-state index in [2.05, 4.69) is 36.2 Å². The molecule has 0 aliphatic carbocycles. The van der Waals surface area contributed by atoms with Crippen LogP contribution in [0, 0.1) is 13.8 Å². The van der Waals surface area contributed by atoms with Crippen molar-refractivity contribution in [3.05, 3.63) is 47.7 Å². The Bertz CT molecular complexity index is 492. The Kier molecular flexibility index (Phi) is 3.15. The SMILES string of the molecule is Cc1ccc(Sc2cc(C)c(N)cn2)cc1. The molecule has 0 amide bonds. The zero-order valence-electron chi connectivity index (χ0n) is 9.40. The molecule has 2 N–H and O–H groups in total. The summed E-state index contributed by atoms with van der Waals surface area (Å²) in [6, 6.07) is 10.4. The van der Waals surface area contributed by atoms with Gasteiger partial charge in [-0.15, -0.1) is 0 Å². The first-order chi connectivity index (χ1) is 7.65. The van der Waals surface area contributed by atoms with E-state index >= 15 is 0 Å². The Hall–Kier alpha value is -1.48. The van der Waals surface area contributed by atoms with Gasteiger partial charge in [0.05, 0.1) is 11.9 Å². The van der Waals surface area contributed by atoms with Gasteiger partial charge in [0.1, 0.15) is 5.03 Å². The van der Waals surface area contributed by atoms with E-state index in [1.165, 1.54) is 10.5 Å². The summed E-state index contributed by atoms with van der Waals surface area (Å²) in [4.78, 5) is 5.49. The lowest BCUT2D eigenvalue weighted by molar-refractivity contribution is 1.11. The number of hydrogen-bond acceptors (Lipinski definition) is 3. The predicted octanol–water partition coefficient (Wildman–Crippen LogP) is 3.43. The van der Waals surface area contributed by atoms with Crippen LogP contribution in [0.15, 0.2) is 46.5 Å². The van der Waals surface area contributed by atoms with E-state index in [0.29, 0.717) is 0 Å². The molecule has 1 heterocycles. The minimum absolute atomic E-state index is 0.744. The van der Waals surface area contributed by atoms with Gasteiger partial charge in [-0.25, -0.2) is 4.98 Å². The molecule has 82 valence electrons. The van der Waals surface area contributed by atoms with Gasteiger partial charge < -0.3 is 5.73 Å². The first-order valence-corrected chi connectivity index (χ1v) is 5.93. The van der Waals surface area contributed by atoms with Crippen LogP contribution in [0.3, 0.4) is 0 Å². The Morgan fingerprint density at radius 1 is 1.12 bits per heavy atom. The van der Waals surface area contributed by atoms with Gasteiger partial charge in [-0.1, -0.05) is 29.5 Å². The number of anilines is 1. The quantitative estimate of drug-likeness (QED) is 0.859. The number of nitrogens with two attached hydrogens (primary N) is 1. The molecule has 2 nitrogen and oxygen atoms in total. The number of nitrogen functional groups attached to an aromatic ring is 1. The Morgan fingerprint density at radius 2 is 1.81 bits per heavy atom. The van der Waals surface area contributed by atoms with Crippen LogP contribution in [-0.4, -0.2) is 4.98 Å². The number of aromatic nitrogens is 1. The fourth-order valence-electron chi connectivity index (χ4n) is 1.32. The third kappa shape index (κ3) is 2.55. The van der Waals surface area contributed by atoms with Crippen LogP contribution in [0.5, 0.6) is 0 Å². The Morgan fingerprint density at radius 3 is 2.44 bits per heavy atom. The van der Waals surface area contributed by atoms with Crippen molar-refractivity contribution in [2.45, 2.75) is 23.8 Å². The van der Waals surface area contributed by atoms with Crippen LogP contribution in [0.2, 0.25) is 0 Å². The molecule has 3 heteroatoms. The molecule has 1 aromatic heterocycles. The summed E-state index contributed by atoms with van der Waals surface area (Å²) < 4.78 is 0. The second kappa shape index (κ2) is 4.58. The van der Waals surface area contributed by atoms with E-state index in [9.17, 15) is 0 Å². The average Bonchev–Trinajstić information content (AvgIpc) is 2.27. The third-order valence-electron chi connectivity index (χ3n) is 2.37. The summed E-state index contributed by atoms with van der Waals surface area (Å²) in [6.45, 7) is 4.08. The van der Waals surface area contributed by atoms with E-state index in [1.807, 2.05) is 13.0 Å². The molecule has 0 saturated carbocycles. The summed E-state index contributed by atoms with van der Waals surface area (Å²) >= 11 is 1.65. The number of nitrogens with zero attached hydrogens (tertiary/aromatic N) is 1. The van der Waals surface area contributed by atoms with Gasteiger partial charge in [0, 0.05) is 4.90 Å². The van der Waals surface area contributed by atoms with E-state index in [-0.39, 0.29) is 0 Å². The summed E-state index contributed by atoms with van der Waals surface area (Å²) in [5.74, 6) is 0. The normalized spacial score (nSPS) is 10.4. The molecule has 0 radical (unpaired) electrons. The molecule has 0 atom stereocenters. The van der Waals surface area contributed by atoms with Crippen molar-refractivity contribution in [2.24, 2.45) is 0 Å². The Labute approximate surface area is 99.9 Å². The van der Waals surface area contributed by atoms with Crippen molar-refractivity contribution in [2.75, 3.05) is 5.73 Å². The fourth-order valence-corrected chi connectivity index (χ4v) is 2.18. The van der Waals surface area contributed by atoms with Crippen molar-refractivity contribution in [3.8, 4) is 0 Å². The molecular formula is C13H14N2S. The molecule has 16 heavy (non-hydrogen) atoms. The number of rotatable bonds is 2. The third-order valence-corrected chi connectivity index (χ3v) is 3.31. The molecular weight excluding hydrogens is 216 g/mol. The van der Waals surface area contributed by atoms with E-state index in [4.69, 9.17) is 5.73 Å². The maximum atomic E-state index is 5.73. The maximum Gasteiger partial charge on any atom is 0.101 e. The topological polar surface area (TPSA) is 38.9 Å². The lowest BCUT2D eigenvalue weighted by Crippen LogP contribution is -1.91. The summed E-state index contributed by atoms with van der Waals surface area (Å²) in [5, 5.41) is 0.982. The van der Waals surface area contributed by atoms with Gasteiger partial charge in [-0.05, 0) is 37.6 Å². The molecule has 0 aliphatic heterocycles. The van der Waals surface area contributed by atoms with Crippen LogP contribution in [0.1, 0.15) is 11.1 Å². The zero-order valence-corrected chi connectivity index (χ0v) is 10.2. The van der Waals surface area contributed by atoms with Crippen LogP contribution >= 0.6 is 11.8 Å². The van der Waals surface area contributed by atoms with Crippen molar-refractivity contribution in [1.29, 1.82) is 0 Å². The number of pyridine rings is 1. The smallest absolute Gasteiger partial charge is 0.101 e. The van der Waals surface area contributed by atoms with Gasteiger partial charge in [0.25, 0.3) is 0 Å². The Balaban J connectivity index is 2.20. The molecule has 0 unspecified atom stereocenters. The molecule has 0 aliphatic rings. The molecule has 0 fully saturated rings. The van der Waals surface area contributed by atoms with Crippen molar-refractivity contribution in [3.63, 3.8) is 0 Å². The highest BCUT2D eigenvalue weighted by molar-refractivity contribution is 7.99. The number of hydrogen-bond donors (Lipinski definition) is 1. The van der Waals surface area contributed by atoms with Crippen LogP contribution in [0.4, 0.5) is 5.69 Å². The lowest BCUT2D eigenvalue weighted by Gasteiger charge is -2.04. The molecule has 2 rings (SSSR count). The molecule has 1 aromatic carbocycles. The van der Waals surface area contributed by atoms with Crippen LogP contribution in [-0.2, 0) is 0 Å². The van der Waals surface area contributed by atoms with Gasteiger partial charge in [-0.3, -0.25) is 0 Å². The first kappa shape index (κ1) is 11.0. The van der Waals surface area contributed by atoms with Crippen LogP contribution in [0.25, 0.3) is 0 Å². The molecule has 2 aromatic rings.